The van der Waals surface area contributed by atoms with Crippen LogP contribution in [0.25, 0.3) is 0 Å². The second-order valence-electron chi connectivity index (χ2n) is 10.6. The molecule has 2 heterocycles. The Hall–Kier alpha value is -2.33. The molecule has 3 amide bonds. The van der Waals surface area contributed by atoms with Crippen molar-refractivity contribution in [1.82, 2.24) is 14.7 Å². The van der Waals surface area contributed by atoms with Crippen molar-refractivity contribution < 1.29 is 27.5 Å². The van der Waals surface area contributed by atoms with Gasteiger partial charge in [-0.3, -0.25) is 4.79 Å². The molecule has 200 valence electrons. The molecule has 1 aliphatic carbocycles. The van der Waals surface area contributed by atoms with Crippen molar-refractivity contribution in [3.8, 4) is 0 Å². The molecule has 10 heteroatoms. The second kappa shape index (κ2) is 11.0. The molecule has 0 aromatic heterocycles. The smallest absolute Gasteiger partial charge is 0.383 e. The first-order valence-electron chi connectivity index (χ1n) is 12.9. The fourth-order valence-corrected chi connectivity index (χ4v) is 5.47. The molecule has 2 atom stereocenters. The molecular weight excluding hydrogens is 473 g/mol. The van der Waals surface area contributed by atoms with Gasteiger partial charge in [-0.2, -0.15) is 13.2 Å². The Morgan fingerprint density at radius 3 is 2.56 bits per heavy atom. The van der Waals surface area contributed by atoms with Gasteiger partial charge < -0.3 is 24.8 Å². The van der Waals surface area contributed by atoms with Crippen LogP contribution in [0, 0.1) is 5.41 Å². The molecule has 2 saturated heterocycles. The van der Waals surface area contributed by atoms with Gasteiger partial charge in [-0.05, 0) is 75.7 Å². The lowest BCUT2D eigenvalue weighted by atomic mass is 9.93. The zero-order chi connectivity index (χ0) is 25.9. The summed E-state index contributed by atoms with van der Waals surface area (Å²) in [4.78, 5) is 31.9. The van der Waals surface area contributed by atoms with Gasteiger partial charge in [0.25, 0.3) is 0 Å². The molecule has 1 N–H and O–H groups in total. The highest BCUT2D eigenvalue weighted by molar-refractivity contribution is 5.90. The van der Waals surface area contributed by atoms with E-state index in [9.17, 15) is 22.8 Å². The van der Waals surface area contributed by atoms with Crippen molar-refractivity contribution in [2.24, 2.45) is 5.41 Å². The number of halogens is 3. The molecule has 2 aliphatic heterocycles. The standard InChI is InChI=1S/C26H37F3N4O3/c1-19-17-33(22(18-36-2)6-12-31-14-10-25(8-9-25)11-15-31)23(34)7-13-32(19)24(35)30-21-5-3-4-20(16-21)26(27,28)29/h3-5,16,19,22H,6-15,17-18H2,1-2H3,(H,30,35). The molecule has 3 fully saturated rings. The number of ether oxygens (including phenoxy) is 1. The lowest BCUT2D eigenvalue weighted by Crippen LogP contribution is -2.49. The number of anilines is 1. The summed E-state index contributed by atoms with van der Waals surface area (Å²) in [5, 5.41) is 2.57. The Kier molecular flexibility index (Phi) is 8.14. The van der Waals surface area contributed by atoms with Crippen molar-refractivity contribution in [2.75, 3.05) is 51.8 Å². The maximum atomic E-state index is 13.1. The quantitative estimate of drug-likeness (QED) is 0.589. The van der Waals surface area contributed by atoms with Crippen molar-refractivity contribution in [3.05, 3.63) is 29.8 Å². The highest BCUT2D eigenvalue weighted by Gasteiger charge is 2.44. The summed E-state index contributed by atoms with van der Waals surface area (Å²) in [7, 11) is 1.63. The van der Waals surface area contributed by atoms with Gasteiger partial charge >= 0.3 is 12.2 Å². The Morgan fingerprint density at radius 2 is 1.92 bits per heavy atom. The number of nitrogens with zero attached hydrogens (tertiary/aromatic N) is 3. The summed E-state index contributed by atoms with van der Waals surface area (Å²) in [6.45, 7) is 5.96. The fourth-order valence-electron chi connectivity index (χ4n) is 5.47. The third kappa shape index (κ3) is 6.51. The number of hydrogen-bond donors (Lipinski definition) is 1. The van der Waals surface area contributed by atoms with Gasteiger partial charge in [0.05, 0.1) is 18.2 Å². The van der Waals surface area contributed by atoms with Crippen LogP contribution in [0.15, 0.2) is 24.3 Å². The van der Waals surface area contributed by atoms with Gasteiger partial charge in [0.2, 0.25) is 5.91 Å². The van der Waals surface area contributed by atoms with Gasteiger partial charge in [-0.1, -0.05) is 6.07 Å². The SMILES string of the molecule is COCC(CCN1CCC2(CC1)CC2)N1CC(C)N(C(=O)Nc2cccc(C(F)(F)F)c2)CCC1=O. The number of alkyl halides is 3. The number of nitrogens with one attached hydrogen (secondary N) is 1. The molecular formula is C26H37F3N4O3. The van der Waals surface area contributed by atoms with Crippen molar-refractivity contribution >= 4 is 17.6 Å². The predicted molar refractivity (Wildman–Crippen MR) is 131 cm³/mol. The fraction of sp³-hybridized carbons (Fsp3) is 0.692. The van der Waals surface area contributed by atoms with Crippen molar-refractivity contribution in [3.63, 3.8) is 0 Å². The van der Waals surface area contributed by atoms with Crippen LogP contribution in [0.2, 0.25) is 0 Å². The van der Waals surface area contributed by atoms with Crippen LogP contribution in [0.3, 0.4) is 0 Å². The molecule has 1 spiro atoms. The van der Waals surface area contributed by atoms with E-state index in [2.05, 4.69) is 10.2 Å². The van der Waals surface area contributed by atoms with E-state index < -0.39 is 17.8 Å². The molecule has 3 aliphatic rings. The Labute approximate surface area is 210 Å². The number of carbonyl (C=O) groups excluding carboxylic acids is 2. The van der Waals surface area contributed by atoms with Gasteiger partial charge in [0.15, 0.2) is 0 Å². The number of piperidine rings is 1. The van der Waals surface area contributed by atoms with Crippen LogP contribution in [0.4, 0.5) is 23.7 Å². The van der Waals surface area contributed by atoms with Crippen LogP contribution < -0.4 is 5.32 Å². The molecule has 0 radical (unpaired) electrons. The number of amides is 3. The predicted octanol–water partition coefficient (Wildman–Crippen LogP) is 4.44. The van der Waals surface area contributed by atoms with Crippen LogP contribution in [-0.4, -0.2) is 85.2 Å². The van der Waals surface area contributed by atoms with Crippen LogP contribution >= 0.6 is 0 Å². The van der Waals surface area contributed by atoms with E-state index in [1.165, 1.54) is 42.7 Å². The lowest BCUT2D eigenvalue weighted by Gasteiger charge is -2.36. The number of carbonyl (C=O) groups is 2. The van der Waals surface area contributed by atoms with Gasteiger partial charge in [-0.15, -0.1) is 0 Å². The topological polar surface area (TPSA) is 65.1 Å². The van der Waals surface area contributed by atoms with E-state index >= 15 is 0 Å². The molecule has 1 aromatic rings. The highest BCUT2D eigenvalue weighted by atomic mass is 19.4. The maximum absolute atomic E-state index is 13.1. The number of methoxy groups -OCH3 is 1. The van der Waals surface area contributed by atoms with Crippen molar-refractivity contribution in [2.45, 2.75) is 63.7 Å². The molecule has 1 saturated carbocycles. The third-order valence-electron chi connectivity index (χ3n) is 8.03. The Morgan fingerprint density at radius 1 is 1.19 bits per heavy atom. The lowest BCUT2D eigenvalue weighted by molar-refractivity contribution is -0.137. The zero-order valence-corrected chi connectivity index (χ0v) is 21.1. The summed E-state index contributed by atoms with van der Waals surface area (Å²) in [6, 6.07) is 3.66. The Balaban J connectivity index is 1.36. The number of rotatable bonds is 7. The number of likely N-dealkylation sites (tertiary alicyclic amines) is 1. The molecule has 1 aromatic carbocycles. The summed E-state index contributed by atoms with van der Waals surface area (Å²) >= 11 is 0. The molecule has 7 nitrogen and oxygen atoms in total. The minimum absolute atomic E-state index is 0.0335. The minimum Gasteiger partial charge on any atom is -0.383 e. The average molecular weight is 511 g/mol. The summed E-state index contributed by atoms with van der Waals surface area (Å²) in [5.74, 6) is -0.0335. The first kappa shape index (κ1) is 26.7. The second-order valence-corrected chi connectivity index (χ2v) is 10.6. The molecule has 4 rings (SSSR count). The van der Waals surface area contributed by atoms with E-state index in [0.717, 1.165) is 38.2 Å². The number of hydrogen-bond acceptors (Lipinski definition) is 4. The van der Waals surface area contributed by atoms with E-state index in [-0.39, 0.29) is 36.6 Å². The van der Waals surface area contributed by atoms with E-state index in [4.69, 9.17) is 4.74 Å². The van der Waals surface area contributed by atoms with E-state index in [0.29, 0.717) is 18.6 Å². The normalized spacial score (nSPS) is 23.5. The zero-order valence-electron chi connectivity index (χ0n) is 21.1. The first-order valence-corrected chi connectivity index (χ1v) is 12.9. The Bertz CT molecular complexity index is 927. The highest BCUT2D eigenvalue weighted by Crippen LogP contribution is 2.53. The molecule has 0 bridgehead atoms. The van der Waals surface area contributed by atoms with Crippen LogP contribution in [0.5, 0.6) is 0 Å². The van der Waals surface area contributed by atoms with Crippen LogP contribution in [0.1, 0.15) is 51.0 Å². The van der Waals surface area contributed by atoms with E-state index in [1.807, 2.05) is 11.8 Å². The van der Waals surface area contributed by atoms with Gasteiger partial charge in [0, 0.05) is 44.9 Å². The largest absolute Gasteiger partial charge is 0.416 e. The summed E-state index contributed by atoms with van der Waals surface area (Å²) in [5.41, 5.74) is -0.133. The van der Waals surface area contributed by atoms with Gasteiger partial charge in [-0.25, -0.2) is 4.79 Å². The monoisotopic (exact) mass is 510 g/mol. The number of benzene rings is 1. The first-order chi connectivity index (χ1) is 17.1. The molecule has 2 unspecified atom stereocenters. The summed E-state index contributed by atoms with van der Waals surface area (Å²) < 4.78 is 44.6. The minimum atomic E-state index is -4.49. The third-order valence-corrected chi connectivity index (χ3v) is 8.03. The average Bonchev–Trinajstić information content (AvgIpc) is 3.61. The molecule has 36 heavy (non-hydrogen) atoms. The van der Waals surface area contributed by atoms with E-state index in [1.54, 1.807) is 7.11 Å². The summed E-state index contributed by atoms with van der Waals surface area (Å²) in [6.07, 6.45) is 1.72. The maximum Gasteiger partial charge on any atom is 0.416 e. The number of urea groups is 1. The van der Waals surface area contributed by atoms with Gasteiger partial charge in [0.1, 0.15) is 0 Å². The van der Waals surface area contributed by atoms with Crippen LogP contribution in [-0.2, 0) is 15.7 Å². The van der Waals surface area contributed by atoms with Crippen molar-refractivity contribution in [1.29, 1.82) is 0 Å².